The lowest BCUT2D eigenvalue weighted by Gasteiger charge is -2.36. The highest BCUT2D eigenvalue weighted by Crippen LogP contribution is 2.34. The third-order valence-electron chi connectivity index (χ3n) is 4.84. The quantitative estimate of drug-likeness (QED) is 0.926. The lowest BCUT2D eigenvalue weighted by atomic mass is 10.1. The van der Waals surface area contributed by atoms with Gasteiger partial charge in [0.05, 0.1) is 19.3 Å². The van der Waals surface area contributed by atoms with Gasteiger partial charge in [-0.25, -0.2) is 0 Å². The Bertz CT molecular complexity index is 646. The molecule has 2 heterocycles. The van der Waals surface area contributed by atoms with Crippen molar-refractivity contribution in [1.29, 1.82) is 0 Å². The van der Waals surface area contributed by atoms with Crippen molar-refractivity contribution in [2.24, 2.45) is 5.92 Å². The molecule has 0 unspecified atom stereocenters. The third-order valence-corrected chi connectivity index (χ3v) is 4.84. The fraction of sp³-hybridized carbons (Fsp3) is 0.529. The lowest BCUT2D eigenvalue weighted by molar-refractivity contribution is -0.0599. The van der Waals surface area contributed by atoms with E-state index < -0.39 is 0 Å². The number of morpholine rings is 1. The predicted octanol–water partition coefficient (Wildman–Crippen LogP) is 1.71. The molecule has 1 aliphatic carbocycles. The van der Waals surface area contributed by atoms with Crippen molar-refractivity contribution in [3.63, 3.8) is 0 Å². The fourth-order valence-corrected chi connectivity index (χ4v) is 3.67. The molecule has 4 rings (SSSR count). The van der Waals surface area contributed by atoms with Gasteiger partial charge >= 0.3 is 0 Å². The molecule has 0 spiro atoms. The average Bonchev–Trinajstić information content (AvgIpc) is 3.22. The minimum absolute atomic E-state index is 0.224. The molecule has 1 saturated heterocycles. The van der Waals surface area contributed by atoms with E-state index in [1.54, 1.807) is 0 Å². The zero-order valence-electron chi connectivity index (χ0n) is 13.0. The standard InChI is InChI=1S/C17H21N3O3/c21-11-12-8-14-15(9-12)22-7-6-20(14)10-16-18-17(23-19-16)13-4-2-1-3-5-13/h1-5,12,14-15,21H,6-11H2/t12-,14+,15+/m1/s1. The lowest BCUT2D eigenvalue weighted by Crippen LogP contribution is -2.48. The van der Waals surface area contributed by atoms with E-state index in [0.717, 1.165) is 31.6 Å². The largest absolute Gasteiger partial charge is 0.396 e. The molecule has 1 aromatic carbocycles. The summed E-state index contributed by atoms with van der Waals surface area (Å²) in [5.41, 5.74) is 0.937. The molecule has 0 radical (unpaired) electrons. The summed E-state index contributed by atoms with van der Waals surface area (Å²) in [7, 11) is 0. The number of ether oxygens (including phenoxy) is 1. The summed E-state index contributed by atoms with van der Waals surface area (Å²) in [6.07, 6.45) is 2.14. The van der Waals surface area contributed by atoms with Crippen LogP contribution in [0.2, 0.25) is 0 Å². The Balaban J connectivity index is 1.47. The number of nitrogens with zero attached hydrogens (tertiary/aromatic N) is 3. The van der Waals surface area contributed by atoms with Crippen molar-refractivity contribution in [3.05, 3.63) is 36.2 Å². The van der Waals surface area contributed by atoms with Crippen molar-refractivity contribution in [3.8, 4) is 11.5 Å². The first-order valence-corrected chi connectivity index (χ1v) is 8.18. The Morgan fingerprint density at radius 1 is 1.22 bits per heavy atom. The maximum atomic E-state index is 9.40. The molecule has 2 fully saturated rings. The van der Waals surface area contributed by atoms with Crippen molar-refractivity contribution in [1.82, 2.24) is 15.0 Å². The van der Waals surface area contributed by atoms with Gasteiger partial charge in [-0.3, -0.25) is 4.90 Å². The van der Waals surface area contributed by atoms with Gasteiger partial charge < -0.3 is 14.4 Å². The van der Waals surface area contributed by atoms with E-state index in [0.29, 0.717) is 30.2 Å². The minimum atomic E-state index is 0.224. The minimum Gasteiger partial charge on any atom is -0.396 e. The summed E-state index contributed by atoms with van der Waals surface area (Å²) < 4.78 is 11.2. The van der Waals surface area contributed by atoms with Gasteiger partial charge in [0, 0.05) is 24.8 Å². The van der Waals surface area contributed by atoms with Gasteiger partial charge in [0.25, 0.3) is 5.89 Å². The highest BCUT2D eigenvalue weighted by molar-refractivity contribution is 5.51. The van der Waals surface area contributed by atoms with E-state index in [1.165, 1.54) is 0 Å². The summed E-state index contributed by atoms with van der Waals surface area (Å²) in [6.45, 7) is 2.50. The normalized spacial score (nSPS) is 28.0. The molecular weight excluding hydrogens is 294 g/mol. The molecule has 0 amide bonds. The van der Waals surface area contributed by atoms with Crippen LogP contribution in [0, 0.1) is 5.92 Å². The molecule has 23 heavy (non-hydrogen) atoms. The fourth-order valence-electron chi connectivity index (χ4n) is 3.67. The van der Waals surface area contributed by atoms with Crippen LogP contribution in [-0.4, -0.2) is 52.1 Å². The van der Waals surface area contributed by atoms with E-state index in [4.69, 9.17) is 9.26 Å². The van der Waals surface area contributed by atoms with Crippen LogP contribution in [0.25, 0.3) is 11.5 Å². The summed E-state index contributed by atoms with van der Waals surface area (Å²) in [4.78, 5) is 6.88. The number of aliphatic hydroxyl groups is 1. The van der Waals surface area contributed by atoms with Crippen LogP contribution in [0.15, 0.2) is 34.9 Å². The van der Waals surface area contributed by atoms with Crippen LogP contribution >= 0.6 is 0 Å². The average molecular weight is 315 g/mol. The SMILES string of the molecule is OC[C@H]1C[C@@H]2OCCN(Cc3noc(-c4ccccc4)n3)[C@H]2C1. The van der Waals surface area contributed by atoms with Gasteiger partial charge in [-0.1, -0.05) is 23.4 Å². The zero-order chi connectivity index (χ0) is 15.6. The van der Waals surface area contributed by atoms with Crippen LogP contribution in [0.1, 0.15) is 18.7 Å². The number of aliphatic hydroxyl groups excluding tert-OH is 1. The van der Waals surface area contributed by atoms with Crippen molar-refractivity contribution in [2.45, 2.75) is 31.5 Å². The smallest absolute Gasteiger partial charge is 0.257 e. The molecule has 6 nitrogen and oxygen atoms in total. The maximum Gasteiger partial charge on any atom is 0.257 e. The molecule has 2 aromatic rings. The second-order valence-electron chi connectivity index (χ2n) is 6.35. The van der Waals surface area contributed by atoms with Crippen molar-refractivity contribution in [2.75, 3.05) is 19.8 Å². The van der Waals surface area contributed by atoms with E-state index in [9.17, 15) is 5.11 Å². The second-order valence-corrected chi connectivity index (χ2v) is 6.35. The first-order chi connectivity index (χ1) is 11.3. The first kappa shape index (κ1) is 14.8. The van der Waals surface area contributed by atoms with E-state index >= 15 is 0 Å². The van der Waals surface area contributed by atoms with Crippen LogP contribution in [0.3, 0.4) is 0 Å². The summed E-state index contributed by atoms with van der Waals surface area (Å²) >= 11 is 0. The summed E-state index contributed by atoms with van der Waals surface area (Å²) in [5, 5.41) is 13.5. The molecule has 1 aromatic heterocycles. The van der Waals surface area contributed by atoms with Crippen LogP contribution in [0.4, 0.5) is 0 Å². The molecule has 2 aliphatic rings. The number of aromatic nitrogens is 2. The monoisotopic (exact) mass is 315 g/mol. The van der Waals surface area contributed by atoms with Crippen molar-refractivity contribution < 1.29 is 14.4 Å². The molecular formula is C17H21N3O3. The second kappa shape index (κ2) is 6.39. The number of hydrogen-bond donors (Lipinski definition) is 1. The summed E-state index contributed by atoms with van der Waals surface area (Å²) in [6, 6.07) is 10.2. The van der Waals surface area contributed by atoms with Gasteiger partial charge in [-0.15, -0.1) is 0 Å². The summed E-state index contributed by atoms with van der Waals surface area (Å²) in [5.74, 6) is 1.61. The predicted molar refractivity (Wildman–Crippen MR) is 83.5 cm³/mol. The van der Waals surface area contributed by atoms with Crippen LogP contribution < -0.4 is 0 Å². The van der Waals surface area contributed by atoms with E-state index in [2.05, 4.69) is 15.0 Å². The first-order valence-electron chi connectivity index (χ1n) is 8.18. The van der Waals surface area contributed by atoms with E-state index in [-0.39, 0.29) is 12.7 Å². The van der Waals surface area contributed by atoms with Crippen LogP contribution in [-0.2, 0) is 11.3 Å². The van der Waals surface area contributed by atoms with Gasteiger partial charge in [-0.2, -0.15) is 4.98 Å². The van der Waals surface area contributed by atoms with Crippen LogP contribution in [0.5, 0.6) is 0 Å². The van der Waals surface area contributed by atoms with Gasteiger partial charge in [-0.05, 0) is 30.9 Å². The Kier molecular flexibility index (Phi) is 4.11. The molecule has 0 bridgehead atoms. The highest BCUT2D eigenvalue weighted by Gasteiger charge is 2.41. The highest BCUT2D eigenvalue weighted by atomic mass is 16.5. The van der Waals surface area contributed by atoms with E-state index in [1.807, 2.05) is 30.3 Å². The van der Waals surface area contributed by atoms with Gasteiger partial charge in [0.1, 0.15) is 0 Å². The molecule has 1 saturated carbocycles. The number of benzene rings is 1. The van der Waals surface area contributed by atoms with Crippen molar-refractivity contribution >= 4 is 0 Å². The molecule has 6 heteroatoms. The Labute approximate surface area is 135 Å². The number of fused-ring (bicyclic) bond motifs is 1. The topological polar surface area (TPSA) is 71.6 Å². The third kappa shape index (κ3) is 3.02. The molecule has 1 N–H and O–H groups in total. The zero-order valence-corrected chi connectivity index (χ0v) is 13.0. The molecule has 1 aliphatic heterocycles. The Morgan fingerprint density at radius 2 is 2.09 bits per heavy atom. The molecule has 122 valence electrons. The Morgan fingerprint density at radius 3 is 2.91 bits per heavy atom. The Hall–Kier alpha value is -1.76. The molecule has 3 atom stereocenters. The van der Waals surface area contributed by atoms with Gasteiger partial charge in [0.2, 0.25) is 0 Å². The maximum absolute atomic E-state index is 9.40. The van der Waals surface area contributed by atoms with Gasteiger partial charge in [0.15, 0.2) is 5.82 Å². The number of rotatable bonds is 4. The number of hydrogen-bond acceptors (Lipinski definition) is 6.